The number of hydrogen-bond acceptors (Lipinski definition) is 3. The molecule has 1 amide bonds. The normalized spacial score (nSPS) is 23.3. The molecule has 0 radical (unpaired) electrons. The lowest BCUT2D eigenvalue weighted by Crippen LogP contribution is -2.51. The highest BCUT2D eigenvalue weighted by atomic mass is 16.6. The van der Waals surface area contributed by atoms with Crippen LogP contribution in [0.4, 0.5) is 4.79 Å². The van der Waals surface area contributed by atoms with Gasteiger partial charge in [0.25, 0.3) is 0 Å². The Kier molecular flexibility index (Phi) is 3.71. The summed E-state index contributed by atoms with van der Waals surface area (Å²) in [5.41, 5.74) is 4.84. The summed E-state index contributed by atoms with van der Waals surface area (Å²) in [7, 11) is 0. The van der Waals surface area contributed by atoms with E-state index in [9.17, 15) is 9.59 Å². The van der Waals surface area contributed by atoms with Crippen molar-refractivity contribution in [1.82, 2.24) is 4.90 Å². The predicted octanol–water partition coefficient (Wildman–Crippen LogP) is 3.59. The van der Waals surface area contributed by atoms with E-state index in [4.69, 9.17) is 9.84 Å². The van der Waals surface area contributed by atoms with Crippen LogP contribution in [0, 0.1) is 17.8 Å². The van der Waals surface area contributed by atoms with Gasteiger partial charge in [-0.25, -0.2) is 4.79 Å². The number of hydrogen-bond donors (Lipinski definition) is 1. The highest BCUT2D eigenvalue weighted by molar-refractivity contribution is 5.79. The molecule has 2 aliphatic carbocycles. The van der Waals surface area contributed by atoms with Crippen molar-refractivity contribution < 1.29 is 19.4 Å². The maximum absolute atomic E-state index is 12.4. The molecule has 1 saturated heterocycles. The summed E-state index contributed by atoms with van der Waals surface area (Å²) in [6.07, 6.45) is 0.457. The van der Waals surface area contributed by atoms with Gasteiger partial charge in [-0.1, -0.05) is 48.5 Å². The van der Waals surface area contributed by atoms with Gasteiger partial charge in [-0.15, -0.1) is 0 Å². The second-order valence-corrected chi connectivity index (χ2v) is 7.81. The van der Waals surface area contributed by atoms with Crippen LogP contribution in [0.5, 0.6) is 0 Å². The van der Waals surface area contributed by atoms with Gasteiger partial charge in [-0.05, 0) is 40.5 Å². The van der Waals surface area contributed by atoms with E-state index in [-0.39, 0.29) is 23.8 Å². The molecule has 138 valence electrons. The molecule has 0 bridgehead atoms. The molecule has 0 spiro atoms. The number of aliphatic carboxylic acids is 1. The maximum Gasteiger partial charge on any atom is 0.409 e. The summed E-state index contributed by atoms with van der Waals surface area (Å²) in [5, 5.41) is 9.03. The highest BCUT2D eigenvalue weighted by Gasteiger charge is 2.52. The minimum Gasteiger partial charge on any atom is -0.481 e. The van der Waals surface area contributed by atoms with Crippen LogP contribution in [-0.4, -0.2) is 41.8 Å². The number of carboxylic acids is 1. The molecule has 2 fully saturated rings. The first kappa shape index (κ1) is 16.4. The van der Waals surface area contributed by atoms with Crippen LogP contribution in [0.3, 0.4) is 0 Å². The summed E-state index contributed by atoms with van der Waals surface area (Å²) in [5.74, 6) is -0.302. The van der Waals surface area contributed by atoms with Crippen molar-refractivity contribution in [1.29, 1.82) is 0 Å². The van der Waals surface area contributed by atoms with Gasteiger partial charge in [0.05, 0.1) is 5.92 Å². The number of amides is 1. The van der Waals surface area contributed by atoms with Crippen molar-refractivity contribution in [3.8, 4) is 11.1 Å². The van der Waals surface area contributed by atoms with Gasteiger partial charge in [0.1, 0.15) is 6.61 Å². The van der Waals surface area contributed by atoms with Crippen LogP contribution >= 0.6 is 0 Å². The maximum atomic E-state index is 12.4. The summed E-state index contributed by atoms with van der Waals surface area (Å²) >= 11 is 0. The molecule has 27 heavy (non-hydrogen) atoms. The first-order valence-corrected chi connectivity index (χ1v) is 9.46. The van der Waals surface area contributed by atoms with Crippen LogP contribution in [0.2, 0.25) is 0 Å². The summed E-state index contributed by atoms with van der Waals surface area (Å²) in [4.78, 5) is 25.1. The quantitative estimate of drug-likeness (QED) is 0.901. The van der Waals surface area contributed by atoms with Crippen molar-refractivity contribution in [2.24, 2.45) is 17.8 Å². The average Bonchev–Trinajstić information content (AvgIpc) is 3.36. The zero-order valence-corrected chi connectivity index (χ0v) is 14.9. The van der Waals surface area contributed by atoms with Gasteiger partial charge in [0.15, 0.2) is 0 Å². The molecular weight excluding hydrogens is 342 g/mol. The van der Waals surface area contributed by atoms with E-state index in [1.165, 1.54) is 22.3 Å². The van der Waals surface area contributed by atoms with Crippen LogP contribution < -0.4 is 0 Å². The fourth-order valence-electron chi connectivity index (χ4n) is 4.64. The Balaban J connectivity index is 1.21. The van der Waals surface area contributed by atoms with Gasteiger partial charge in [0, 0.05) is 19.0 Å². The topological polar surface area (TPSA) is 66.8 Å². The zero-order chi connectivity index (χ0) is 18.5. The SMILES string of the molecule is O=C(O)[C@@H]1C[C@H]1C1CN(C(=O)OCC2c3ccccc3-c3ccccc32)C1. The van der Waals surface area contributed by atoms with Gasteiger partial charge in [0.2, 0.25) is 0 Å². The lowest BCUT2D eigenvalue weighted by molar-refractivity contribution is -0.139. The molecule has 1 N–H and O–H groups in total. The monoisotopic (exact) mass is 363 g/mol. The Bertz CT molecular complexity index is 873. The second kappa shape index (κ2) is 6.12. The molecule has 1 heterocycles. The number of carbonyl (C=O) groups excluding carboxylic acids is 1. The smallest absolute Gasteiger partial charge is 0.409 e. The minimum absolute atomic E-state index is 0.0678. The van der Waals surface area contributed by atoms with E-state index >= 15 is 0 Å². The van der Waals surface area contributed by atoms with Crippen molar-refractivity contribution in [2.75, 3.05) is 19.7 Å². The van der Waals surface area contributed by atoms with Gasteiger partial charge in [-0.2, -0.15) is 0 Å². The van der Waals surface area contributed by atoms with Gasteiger partial charge >= 0.3 is 12.1 Å². The van der Waals surface area contributed by atoms with Crippen LogP contribution in [0.1, 0.15) is 23.5 Å². The molecule has 5 nitrogen and oxygen atoms in total. The van der Waals surface area contributed by atoms with E-state index in [1.54, 1.807) is 4.90 Å². The summed E-state index contributed by atoms with van der Waals surface area (Å²) in [6.45, 7) is 1.56. The Morgan fingerprint density at radius 1 is 1.00 bits per heavy atom. The molecule has 3 aliphatic rings. The number of likely N-dealkylation sites (tertiary alicyclic amines) is 1. The molecule has 1 saturated carbocycles. The number of ether oxygens (including phenoxy) is 1. The Hall–Kier alpha value is -2.82. The Morgan fingerprint density at radius 2 is 1.59 bits per heavy atom. The fourth-order valence-corrected chi connectivity index (χ4v) is 4.64. The molecule has 5 heteroatoms. The first-order chi connectivity index (χ1) is 13.1. The van der Waals surface area contributed by atoms with Gasteiger partial charge in [-0.3, -0.25) is 4.79 Å². The molecule has 1 aliphatic heterocycles. The zero-order valence-electron chi connectivity index (χ0n) is 14.9. The number of benzene rings is 2. The van der Waals surface area contributed by atoms with E-state index in [0.29, 0.717) is 25.6 Å². The van der Waals surface area contributed by atoms with Crippen LogP contribution in [-0.2, 0) is 9.53 Å². The number of rotatable bonds is 4. The number of nitrogens with zero attached hydrogens (tertiary/aromatic N) is 1. The standard InChI is InChI=1S/C22H21NO4/c24-21(25)19-9-18(19)13-10-23(11-13)22(26)27-12-20-16-7-3-1-5-14(16)15-6-2-4-8-17(15)20/h1-8,13,18-20H,9-12H2,(H,24,25)/t18-,19+/m0/s1. The third-order valence-corrected chi connectivity index (χ3v) is 6.27. The Labute approximate surface area is 157 Å². The lowest BCUT2D eigenvalue weighted by atomic mass is 9.94. The Morgan fingerprint density at radius 3 is 2.15 bits per heavy atom. The second-order valence-electron chi connectivity index (χ2n) is 7.81. The third kappa shape index (κ3) is 2.69. The molecule has 0 aromatic heterocycles. The molecule has 2 aromatic rings. The highest BCUT2D eigenvalue weighted by Crippen LogP contribution is 2.48. The molecular formula is C22H21NO4. The number of fused-ring (bicyclic) bond motifs is 3. The first-order valence-electron chi connectivity index (χ1n) is 9.46. The van der Waals surface area contributed by atoms with Crippen molar-refractivity contribution in [3.63, 3.8) is 0 Å². The largest absolute Gasteiger partial charge is 0.481 e. The van der Waals surface area contributed by atoms with Gasteiger partial charge < -0.3 is 14.7 Å². The van der Waals surface area contributed by atoms with E-state index in [0.717, 1.165) is 6.42 Å². The van der Waals surface area contributed by atoms with Crippen molar-refractivity contribution >= 4 is 12.1 Å². The predicted molar refractivity (Wildman–Crippen MR) is 99.4 cm³/mol. The molecule has 2 atom stereocenters. The van der Waals surface area contributed by atoms with E-state index < -0.39 is 5.97 Å². The molecule has 5 rings (SSSR count). The van der Waals surface area contributed by atoms with E-state index in [2.05, 4.69) is 24.3 Å². The van der Waals surface area contributed by atoms with Crippen molar-refractivity contribution in [2.45, 2.75) is 12.3 Å². The van der Waals surface area contributed by atoms with E-state index in [1.807, 2.05) is 24.3 Å². The number of carboxylic acid groups (broad SMARTS) is 1. The van der Waals surface area contributed by atoms with Crippen LogP contribution in [0.25, 0.3) is 11.1 Å². The third-order valence-electron chi connectivity index (χ3n) is 6.27. The fraction of sp³-hybridized carbons (Fsp3) is 0.364. The molecule has 0 unspecified atom stereocenters. The molecule has 2 aromatic carbocycles. The average molecular weight is 363 g/mol. The minimum atomic E-state index is -0.709. The number of carbonyl (C=O) groups is 2. The summed E-state index contributed by atoms with van der Waals surface area (Å²) in [6, 6.07) is 16.6. The van der Waals surface area contributed by atoms with Crippen molar-refractivity contribution in [3.05, 3.63) is 59.7 Å². The lowest BCUT2D eigenvalue weighted by Gasteiger charge is -2.38. The van der Waals surface area contributed by atoms with Crippen LogP contribution in [0.15, 0.2) is 48.5 Å². The summed E-state index contributed by atoms with van der Waals surface area (Å²) < 4.78 is 5.64.